The highest BCUT2D eigenvalue weighted by atomic mass is 31.2. The molecule has 0 aliphatic carbocycles. The molecule has 0 aliphatic rings. The van der Waals surface area contributed by atoms with E-state index in [1.807, 2.05) is 0 Å². The van der Waals surface area contributed by atoms with Gasteiger partial charge >= 0.3 is 7.60 Å². The molecule has 0 rings (SSSR count). The molecular weight excluding hydrogens is 203 g/mol. The maximum atomic E-state index is 11.6. The van der Waals surface area contributed by atoms with Gasteiger partial charge < -0.3 is 14.2 Å². The second-order valence-corrected chi connectivity index (χ2v) is 5.64. The van der Waals surface area contributed by atoms with Gasteiger partial charge in [0.15, 0.2) is 5.85 Å². The van der Waals surface area contributed by atoms with Crippen LogP contribution in [0.15, 0.2) is 0 Å². The van der Waals surface area contributed by atoms with Crippen LogP contribution in [0.4, 0.5) is 0 Å². The fraction of sp³-hybridized carbons (Fsp3) is 1.00. The Hall–Kier alpha value is 0.110. The lowest BCUT2D eigenvalue weighted by Crippen LogP contribution is -2.10. The average molecular weight is 224 g/mol. The molecule has 0 aromatic rings. The standard InChI is InChI=1S/C9H21O4P/c1-4-5-6-7-8-9(10)14(11,12-2)13-3/h9-10H,4-8H2,1-3H3. The van der Waals surface area contributed by atoms with E-state index in [9.17, 15) is 9.67 Å². The summed E-state index contributed by atoms with van der Waals surface area (Å²) in [4.78, 5) is 0. The molecule has 0 aromatic heterocycles. The molecule has 0 aromatic carbocycles. The normalized spacial score (nSPS) is 14.3. The van der Waals surface area contributed by atoms with Gasteiger partial charge in [0.2, 0.25) is 0 Å². The Morgan fingerprint density at radius 2 is 1.79 bits per heavy atom. The third kappa shape index (κ3) is 4.56. The van der Waals surface area contributed by atoms with Gasteiger partial charge in [0.1, 0.15) is 0 Å². The second-order valence-electron chi connectivity index (χ2n) is 3.23. The fourth-order valence-corrected chi connectivity index (χ4v) is 2.36. The van der Waals surface area contributed by atoms with Crippen molar-refractivity contribution in [3.05, 3.63) is 0 Å². The smallest absolute Gasteiger partial charge is 0.358 e. The van der Waals surface area contributed by atoms with Crippen LogP contribution in [0.2, 0.25) is 0 Å². The average Bonchev–Trinajstić information content (AvgIpc) is 2.22. The molecule has 14 heavy (non-hydrogen) atoms. The lowest BCUT2D eigenvalue weighted by Gasteiger charge is -2.19. The van der Waals surface area contributed by atoms with Crippen molar-refractivity contribution < 1.29 is 18.7 Å². The van der Waals surface area contributed by atoms with Gasteiger partial charge in [-0.3, -0.25) is 4.57 Å². The topological polar surface area (TPSA) is 55.8 Å². The van der Waals surface area contributed by atoms with Crippen molar-refractivity contribution in [3.8, 4) is 0 Å². The van der Waals surface area contributed by atoms with Crippen molar-refractivity contribution in [2.24, 2.45) is 0 Å². The van der Waals surface area contributed by atoms with E-state index in [0.29, 0.717) is 6.42 Å². The molecule has 0 radical (unpaired) electrons. The molecule has 0 aliphatic heterocycles. The maximum absolute atomic E-state index is 11.6. The minimum absolute atomic E-state index is 0.471. The van der Waals surface area contributed by atoms with Gasteiger partial charge in [-0.2, -0.15) is 0 Å². The van der Waals surface area contributed by atoms with E-state index in [1.54, 1.807) is 0 Å². The van der Waals surface area contributed by atoms with E-state index in [4.69, 9.17) is 0 Å². The Kier molecular flexibility index (Phi) is 7.47. The number of hydrogen-bond donors (Lipinski definition) is 1. The van der Waals surface area contributed by atoms with E-state index in [2.05, 4.69) is 16.0 Å². The second kappa shape index (κ2) is 7.41. The zero-order chi connectivity index (χ0) is 11.0. The summed E-state index contributed by atoms with van der Waals surface area (Å²) in [5.74, 6) is -0.991. The predicted molar refractivity (Wildman–Crippen MR) is 56.4 cm³/mol. The van der Waals surface area contributed by atoms with Crippen molar-refractivity contribution in [3.63, 3.8) is 0 Å². The van der Waals surface area contributed by atoms with Gasteiger partial charge in [0.05, 0.1) is 0 Å². The van der Waals surface area contributed by atoms with Crippen LogP contribution in [0.25, 0.3) is 0 Å². The molecule has 0 spiro atoms. The molecule has 1 unspecified atom stereocenters. The summed E-state index contributed by atoms with van der Waals surface area (Å²) in [6.45, 7) is 2.12. The molecule has 0 amide bonds. The number of aliphatic hydroxyl groups is 1. The lowest BCUT2D eigenvalue weighted by molar-refractivity contribution is 0.165. The van der Waals surface area contributed by atoms with Gasteiger partial charge in [-0.05, 0) is 6.42 Å². The highest BCUT2D eigenvalue weighted by molar-refractivity contribution is 7.54. The van der Waals surface area contributed by atoms with Crippen LogP contribution in [-0.4, -0.2) is 25.2 Å². The Morgan fingerprint density at radius 1 is 1.21 bits per heavy atom. The van der Waals surface area contributed by atoms with Gasteiger partial charge in [-0.25, -0.2) is 0 Å². The molecule has 0 saturated heterocycles. The van der Waals surface area contributed by atoms with Crippen LogP contribution in [0.5, 0.6) is 0 Å². The van der Waals surface area contributed by atoms with E-state index in [0.717, 1.165) is 25.7 Å². The van der Waals surface area contributed by atoms with Crippen molar-refractivity contribution in [1.82, 2.24) is 0 Å². The van der Waals surface area contributed by atoms with Gasteiger partial charge in [-0.15, -0.1) is 0 Å². The quantitative estimate of drug-likeness (QED) is 0.508. The third-order valence-corrected chi connectivity index (χ3v) is 4.20. The molecule has 0 bridgehead atoms. The molecule has 0 heterocycles. The van der Waals surface area contributed by atoms with Crippen molar-refractivity contribution in [2.75, 3.05) is 14.2 Å². The maximum Gasteiger partial charge on any atom is 0.358 e. The first kappa shape index (κ1) is 14.1. The molecule has 4 nitrogen and oxygen atoms in total. The SMILES string of the molecule is CCCCCCC(O)P(=O)(OC)OC. The van der Waals surface area contributed by atoms with Crippen LogP contribution >= 0.6 is 7.60 Å². The molecule has 0 fully saturated rings. The Morgan fingerprint density at radius 3 is 2.21 bits per heavy atom. The van der Waals surface area contributed by atoms with Crippen molar-refractivity contribution >= 4 is 7.60 Å². The highest BCUT2D eigenvalue weighted by Gasteiger charge is 2.31. The minimum atomic E-state index is -3.27. The van der Waals surface area contributed by atoms with Crippen LogP contribution in [0.1, 0.15) is 39.0 Å². The number of hydrogen-bond acceptors (Lipinski definition) is 4. The van der Waals surface area contributed by atoms with Crippen LogP contribution < -0.4 is 0 Å². The summed E-state index contributed by atoms with van der Waals surface area (Å²) >= 11 is 0. The zero-order valence-electron chi connectivity index (χ0n) is 9.23. The van der Waals surface area contributed by atoms with Crippen LogP contribution in [0.3, 0.4) is 0 Å². The van der Waals surface area contributed by atoms with E-state index >= 15 is 0 Å². The molecule has 1 atom stereocenters. The summed E-state index contributed by atoms with van der Waals surface area (Å²) in [7, 11) is -0.683. The molecule has 0 saturated carbocycles. The summed E-state index contributed by atoms with van der Waals surface area (Å²) in [6.07, 6.45) is 4.64. The highest BCUT2D eigenvalue weighted by Crippen LogP contribution is 2.51. The van der Waals surface area contributed by atoms with Gasteiger partial charge in [-0.1, -0.05) is 32.6 Å². The number of unbranched alkanes of at least 4 members (excludes halogenated alkanes) is 3. The van der Waals surface area contributed by atoms with Crippen molar-refractivity contribution in [1.29, 1.82) is 0 Å². The number of aliphatic hydroxyl groups excluding tert-OH is 1. The van der Waals surface area contributed by atoms with Crippen LogP contribution in [-0.2, 0) is 13.6 Å². The number of rotatable bonds is 8. The first-order valence-electron chi connectivity index (χ1n) is 5.00. The lowest BCUT2D eigenvalue weighted by atomic mass is 10.2. The zero-order valence-corrected chi connectivity index (χ0v) is 10.1. The van der Waals surface area contributed by atoms with E-state index in [1.165, 1.54) is 14.2 Å². The molecule has 5 heteroatoms. The Bertz CT molecular complexity index is 176. The third-order valence-electron chi connectivity index (χ3n) is 2.19. The van der Waals surface area contributed by atoms with Crippen molar-refractivity contribution in [2.45, 2.75) is 44.9 Å². The van der Waals surface area contributed by atoms with E-state index < -0.39 is 13.4 Å². The monoisotopic (exact) mass is 224 g/mol. The largest absolute Gasteiger partial charge is 0.380 e. The summed E-state index contributed by atoms with van der Waals surface area (Å²) in [5, 5.41) is 9.55. The Balaban J connectivity index is 3.82. The summed E-state index contributed by atoms with van der Waals surface area (Å²) in [5.41, 5.74) is 0. The molecule has 86 valence electrons. The summed E-state index contributed by atoms with van der Waals surface area (Å²) in [6, 6.07) is 0. The Labute approximate surface area is 86.1 Å². The van der Waals surface area contributed by atoms with Gasteiger partial charge in [0, 0.05) is 14.2 Å². The van der Waals surface area contributed by atoms with Gasteiger partial charge in [0.25, 0.3) is 0 Å². The molecular formula is C9H21O4P. The molecule has 1 N–H and O–H groups in total. The summed E-state index contributed by atoms with van der Waals surface area (Å²) < 4.78 is 21.0. The van der Waals surface area contributed by atoms with E-state index in [-0.39, 0.29) is 0 Å². The first-order chi connectivity index (χ1) is 6.60. The first-order valence-corrected chi connectivity index (χ1v) is 6.61. The minimum Gasteiger partial charge on any atom is -0.380 e. The fourth-order valence-electron chi connectivity index (χ4n) is 1.23. The van der Waals surface area contributed by atoms with Crippen LogP contribution in [0, 0.1) is 0 Å². The predicted octanol–water partition coefficient (Wildman–Crippen LogP) is 2.76.